The topological polar surface area (TPSA) is 59.6 Å². The number of hydrogen-bond donors (Lipinski definition) is 3. The molecule has 19 heavy (non-hydrogen) atoms. The summed E-state index contributed by atoms with van der Waals surface area (Å²) in [5.41, 5.74) is 5.44. The quantitative estimate of drug-likeness (QED) is 0.668. The number of quaternary nitrogens is 1. The van der Waals surface area contributed by atoms with Crippen LogP contribution in [0.4, 0.5) is 0 Å². The highest BCUT2D eigenvalue weighted by atomic mass is 16.1. The molecule has 3 heterocycles. The van der Waals surface area contributed by atoms with E-state index in [0.29, 0.717) is 18.7 Å². The van der Waals surface area contributed by atoms with Gasteiger partial charge in [-0.3, -0.25) is 4.79 Å². The van der Waals surface area contributed by atoms with E-state index < -0.39 is 0 Å². The molecule has 0 bridgehead atoms. The molecular weight excluding hydrogens is 238 g/mol. The molecule has 3 saturated heterocycles. The van der Waals surface area contributed by atoms with Crippen molar-refractivity contribution in [1.82, 2.24) is 5.32 Å². The first-order valence-corrected chi connectivity index (χ1v) is 8.09. The van der Waals surface area contributed by atoms with Crippen LogP contribution in [0.25, 0.3) is 0 Å². The molecule has 0 aliphatic carbocycles. The molecule has 2 atom stereocenters. The van der Waals surface area contributed by atoms with Crippen molar-refractivity contribution in [3.8, 4) is 0 Å². The molecule has 0 aromatic carbocycles. The van der Waals surface area contributed by atoms with Crippen LogP contribution in [0, 0.1) is 0 Å². The molecule has 3 aliphatic heterocycles. The summed E-state index contributed by atoms with van der Waals surface area (Å²) in [6.07, 6.45) is 9.69. The van der Waals surface area contributed by atoms with Gasteiger partial charge in [0, 0.05) is 19.3 Å². The summed E-state index contributed by atoms with van der Waals surface area (Å²) in [5.74, 6) is 0.420. The maximum absolute atomic E-state index is 11.7. The van der Waals surface area contributed by atoms with E-state index in [9.17, 15) is 4.79 Å². The number of nitrogens with two attached hydrogens (primary N) is 1. The minimum Gasteiger partial charge on any atom is -0.330 e. The summed E-state index contributed by atoms with van der Waals surface area (Å²) < 4.78 is 0. The molecule has 3 rings (SSSR count). The van der Waals surface area contributed by atoms with Crippen LogP contribution < -0.4 is 16.0 Å². The average molecular weight is 268 g/mol. The number of carbonyl (C=O) groups is 1. The van der Waals surface area contributed by atoms with Gasteiger partial charge in [0.05, 0.1) is 19.5 Å². The van der Waals surface area contributed by atoms with Crippen molar-refractivity contribution in [3.05, 3.63) is 0 Å². The third kappa shape index (κ3) is 3.56. The number of carbonyl (C=O) groups excluding carboxylic acids is 1. The zero-order valence-corrected chi connectivity index (χ0v) is 12.2. The second-order valence-electron chi connectivity index (χ2n) is 6.17. The Hall–Kier alpha value is -0.450. The Morgan fingerprint density at radius 2 is 1.79 bits per heavy atom. The molecule has 0 aromatic heterocycles. The van der Waals surface area contributed by atoms with Crippen LogP contribution in [0.2, 0.25) is 0 Å². The van der Waals surface area contributed by atoms with Crippen molar-refractivity contribution >= 4 is 5.78 Å². The highest BCUT2D eigenvalue weighted by Crippen LogP contribution is 2.26. The normalized spacial score (nSPS) is 33.4. The molecule has 4 nitrogen and oxygen atoms in total. The smallest absolute Gasteiger partial charge is 0.194 e. The highest BCUT2D eigenvalue weighted by molar-refractivity contribution is 5.87. The Labute approximate surface area is 117 Å². The molecule has 0 spiro atoms. The molecule has 2 unspecified atom stereocenters. The van der Waals surface area contributed by atoms with Crippen LogP contribution in [0.3, 0.4) is 0 Å². The van der Waals surface area contributed by atoms with Crippen molar-refractivity contribution in [2.24, 2.45) is 5.73 Å². The minimum absolute atomic E-state index is 0.0410. The minimum atomic E-state index is 0.0410. The van der Waals surface area contributed by atoms with E-state index in [0.717, 1.165) is 12.8 Å². The third-order valence-corrected chi connectivity index (χ3v) is 4.97. The molecule has 110 valence electrons. The van der Waals surface area contributed by atoms with Gasteiger partial charge in [-0.25, -0.2) is 0 Å². The van der Waals surface area contributed by atoms with Crippen molar-refractivity contribution in [2.75, 3.05) is 32.7 Å². The van der Waals surface area contributed by atoms with Gasteiger partial charge in [-0.1, -0.05) is 12.8 Å². The summed E-state index contributed by atoms with van der Waals surface area (Å²) in [6, 6.07) is 0. The maximum Gasteiger partial charge on any atom is 0.194 e. The van der Waals surface area contributed by atoms with Crippen LogP contribution >= 0.6 is 0 Å². The summed E-state index contributed by atoms with van der Waals surface area (Å²) in [6.45, 7) is 5.43. The van der Waals surface area contributed by atoms with Crippen molar-refractivity contribution in [1.29, 1.82) is 0 Å². The van der Waals surface area contributed by atoms with E-state index in [-0.39, 0.29) is 5.54 Å². The zero-order chi connectivity index (χ0) is 13.6. The number of rotatable bonds is 3. The standard InChI is InChI=1S/C9H16N2O.C6H13N/c10-5-2-8(12)9-3-1-6-11(9)7-4-9;1-2-4-6-7-5-3-1/h1-7,10H2;7H,1-6H2/p+1. The van der Waals surface area contributed by atoms with Gasteiger partial charge >= 0.3 is 0 Å². The number of Topliss-reactive ketones (excluding diaryl/α,β-unsaturated/α-hetero) is 1. The van der Waals surface area contributed by atoms with Crippen molar-refractivity contribution in [3.63, 3.8) is 0 Å². The van der Waals surface area contributed by atoms with Gasteiger partial charge in [0.25, 0.3) is 0 Å². The number of ketones is 1. The van der Waals surface area contributed by atoms with E-state index in [2.05, 4.69) is 5.32 Å². The number of nitrogens with one attached hydrogen (secondary N) is 2. The molecule has 0 radical (unpaired) electrons. The monoisotopic (exact) mass is 268 g/mol. The van der Waals surface area contributed by atoms with Gasteiger partial charge in [-0.05, 0) is 32.5 Å². The van der Waals surface area contributed by atoms with Gasteiger partial charge < -0.3 is 16.0 Å². The van der Waals surface area contributed by atoms with Gasteiger partial charge in [0.15, 0.2) is 11.3 Å². The van der Waals surface area contributed by atoms with Crippen molar-refractivity contribution in [2.45, 2.75) is 56.9 Å². The lowest BCUT2D eigenvalue weighted by molar-refractivity contribution is -0.971. The number of hydrogen-bond acceptors (Lipinski definition) is 3. The van der Waals surface area contributed by atoms with Gasteiger partial charge in [-0.2, -0.15) is 0 Å². The van der Waals surface area contributed by atoms with E-state index in [1.807, 2.05) is 0 Å². The van der Waals surface area contributed by atoms with Gasteiger partial charge in [0.2, 0.25) is 0 Å². The fraction of sp³-hybridized carbons (Fsp3) is 0.933. The summed E-state index contributed by atoms with van der Waals surface area (Å²) >= 11 is 0. The maximum atomic E-state index is 11.7. The van der Waals surface area contributed by atoms with E-state index in [1.165, 1.54) is 63.2 Å². The zero-order valence-electron chi connectivity index (χ0n) is 12.2. The molecule has 0 saturated carbocycles. The van der Waals surface area contributed by atoms with Crippen LogP contribution in [0.15, 0.2) is 0 Å². The second kappa shape index (κ2) is 7.36. The van der Waals surface area contributed by atoms with E-state index in [1.54, 1.807) is 0 Å². The van der Waals surface area contributed by atoms with Crippen LogP contribution in [-0.2, 0) is 4.79 Å². The van der Waals surface area contributed by atoms with E-state index in [4.69, 9.17) is 5.73 Å². The molecule has 3 fully saturated rings. The summed E-state index contributed by atoms with van der Waals surface area (Å²) in [5, 5.41) is 3.35. The van der Waals surface area contributed by atoms with Gasteiger partial charge in [-0.15, -0.1) is 0 Å². The average Bonchev–Trinajstić information content (AvgIpc) is 2.64. The highest BCUT2D eigenvalue weighted by Gasteiger charge is 2.57. The summed E-state index contributed by atoms with van der Waals surface area (Å²) in [4.78, 5) is 13.3. The Kier molecular flexibility index (Phi) is 5.79. The van der Waals surface area contributed by atoms with E-state index >= 15 is 0 Å². The first-order valence-electron chi connectivity index (χ1n) is 8.09. The fourth-order valence-corrected chi connectivity index (χ4v) is 3.70. The molecule has 4 heteroatoms. The summed E-state index contributed by atoms with van der Waals surface area (Å²) in [7, 11) is 0. The molecule has 3 aliphatic rings. The lowest BCUT2D eigenvalue weighted by atomic mass is 9.80. The molecule has 0 aromatic rings. The van der Waals surface area contributed by atoms with Crippen LogP contribution in [-0.4, -0.2) is 44.0 Å². The largest absolute Gasteiger partial charge is 0.330 e. The lowest BCUT2D eigenvalue weighted by Gasteiger charge is -2.42. The van der Waals surface area contributed by atoms with Crippen LogP contribution in [0.5, 0.6) is 0 Å². The first-order chi connectivity index (χ1) is 9.29. The van der Waals surface area contributed by atoms with Crippen LogP contribution in [0.1, 0.15) is 51.4 Å². The predicted octanol–water partition coefficient (Wildman–Crippen LogP) is -0.124. The second-order valence-corrected chi connectivity index (χ2v) is 6.17. The Morgan fingerprint density at radius 1 is 1.05 bits per heavy atom. The predicted molar refractivity (Wildman–Crippen MR) is 77.3 cm³/mol. The molecule has 4 N–H and O–H groups in total. The Morgan fingerprint density at radius 3 is 2.32 bits per heavy atom. The SMILES string of the molecule is C1CCCNCC1.NCCC(=O)C12CCC[NH+]1CC2. The Bertz CT molecular complexity index is 275. The third-order valence-electron chi connectivity index (χ3n) is 4.97. The van der Waals surface area contributed by atoms with Crippen molar-refractivity contribution < 1.29 is 9.69 Å². The number of fused-ring (bicyclic) bond motifs is 1. The molecule has 0 amide bonds. The first kappa shape index (κ1) is 14.9. The lowest BCUT2D eigenvalue weighted by Crippen LogP contribution is -3.25. The molecular formula is C15H30N3O+. The fourth-order valence-electron chi connectivity index (χ4n) is 3.70. The Balaban J connectivity index is 0.000000163. The van der Waals surface area contributed by atoms with Gasteiger partial charge in [0.1, 0.15) is 0 Å².